The van der Waals surface area contributed by atoms with E-state index in [-0.39, 0.29) is 5.82 Å². The standard InChI is InChI=1S/C13H10FN3/c1-9-6-13-12(15-7-9)8-16-17(13)11-4-2-10(14)3-5-11/h2-8H,1H3. The minimum atomic E-state index is -0.250. The van der Waals surface area contributed by atoms with Crippen molar-refractivity contribution in [2.24, 2.45) is 0 Å². The van der Waals surface area contributed by atoms with Gasteiger partial charge < -0.3 is 0 Å². The number of benzene rings is 1. The van der Waals surface area contributed by atoms with Gasteiger partial charge in [0.05, 0.1) is 17.4 Å². The number of rotatable bonds is 1. The molecule has 0 aliphatic rings. The Balaban J connectivity index is 2.23. The molecule has 3 nitrogen and oxygen atoms in total. The first-order chi connectivity index (χ1) is 8.24. The third kappa shape index (κ3) is 1.67. The van der Waals surface area contributed by atoms with E-state index in [1.165, 1.54) is 12.1 Å². The minimum Gasteiger partial charge on any atom is -0.253 e. The molecule has 0 unspecified atom stereocenters. The SMILES string of the molecule is Cc1cnc2cnn(-c3ccc(F)cc3)c2c1. The molecule has 0 aliphatic heterocycles. The molecule has 0 radical (unpaired) electrons. The zero-order valence-corrected chi connectivity index (χ0v) is 9.26. The van der Waals surface area contributed by atoms with Crippen molar-refractivity contribution in [3.63, 3.8) is 0 Å². The minimum absolute atomic E-state index is 0.250. The van der Waals surface area contributed by atoms with Crippen LogP contribution in [0.15, 0.2) is 42.7 Å². The van der Waals surface area contributed by atoms with Crippen LogP contribution in [0.2, 0.25) is 0 Å². The maximum atomic E-state index is 12.9. The van der Waals surface area contributed by atoms with Crippen LogP contribution in [0.25, 0.3) is 16.7 Å². The number of nitrogens with zero attached hydrogens (tertiary/aromatic N) is 3. The topological polar surface area (TPSA) is 30.7 Å². The summed E-state index contributed by atoms with van der Waals surface area (Å²) in [5.74, 6) is -0.250. The van der Waals surface area contributed by atoms with Crippen LogP contribution in [0.1, 0.15) is 5.56 Å². The quantitative estimate of drug-likeness (QED) is 0.640. The Morgan fingerprint density at radius 3 is 2.65 bits per heavy atom. The van der Waals surface area contributed by atoms with Crippen molar-refractivity contribution in [1.29, 1.82) is 0 Å². The van der Waals surface area contributed by atoms with Gasteiger partial charge in [-0.1, -0.05) is 0 Å². The lowest BCUT2D eigenvalue weighted by Gasteiger charge is -2.03. The highest BCUT2D eigenvalue weighted by Gasteiger charge is 2.05. The predicted octanol–water partition coefficient (Wildman–Crippen LogP) is 2.87. The molecule has 2 aromatic heterocycles. The van der Waals surface area contributed by atoms with Gasteiger partial charge in [-0.25, -0.2) is 9.07 Å². The fourth-order valence-corrected chi connectivity index (χ4v) is 1.80. The van der Waals surface area contributed by atoms with Crippen molar-refractivity contribution in [2.75, 3.05) is 0 Å². The van der Waals surface area contributed by atoms with Gasteiger partial charge in [0.1, 0.15) is 11.3 Å². The van der Waals surface area contributed by atoms with Crippen LogP contribution in [0.5, 0.6) is 0 Å². The Morgan fingerprint density at radius 1 is 1.12 bits per heavy atom. The summed E-state index contributed by atoms with van der Waals surface area (Å²) in [4.78, 5) is 4.29. The molecule has 0 fully saturated rings. The maximum absolute atomic E-state index is 12.9. The zero-order chi connectivity index (χ0) is 11.8. The molecule has 0 bridgehead atoms. The lowest BCUT2D eigenvalue weighted by atomic mass is 10.2. The van der Waals surface area contributed by atoms with Gasteiger partial charge in [0, 0.05) is 6.20 Å². The van der Waals surface area contributed by atoms with Crippen molar-refractivity contribution in [3.8, 4) is 5.69 Å². The third-order valence-corrected chi connectivity index (χ3v) is 2.63. The van der Waals surface area contributed by atoms with Crippen LogP contribution in [0.3, 0.4) is 0 Å². The van der Waals surface area contributed by atoms with Crippen molar-refractivity contribution in [2.45, 2.75) is 6.92 Å². The van der Waals surface area contributed by atoms with Crippen LogP contribution in [0, 0.1) is 12.7 Å². The lowest BCUT2D eigenvalue weighted by molar-refractivity contribution is 0.627. The lowest BCUT2D eigenvalue weighted by Crippen LogP contribution is -1.96. The third-order valence-electron chi connectivity index (χ3n) is 2.63. The van der Waals surface area contributed by atoms with Crippen molar-refractivity contribution in [1.82, 2.24) is 14.8 Å². The van der Waals surface area contributed by atoms with Crippen molar-refractivity contribution < 1.29 is 4.39 Å². The first-order valence-corrected chi connectivity index (χ1v) is 5.30. The molecule has 0 saturated heterocycles. The molecule has 1 aromatic carbocycles. The second-order valence-corrected chi connectivity index (χ2v) is 3.95. The van der Waals surface area contributed by atoms with Crippen LogP contribution >= 0.6 is 0 Å². The van der Waals surface area contributed by atoms with E-state index < -0.39 is 0 Å². The summed E-state index contributed by atoms with van der Waals surface area (Å²) in [6, 6.07) is 8.26. The average molecular weight is 227 g/mol. The van der Waals surface area contributed by atoms with E-state index in [9.17, 15) is 4.39 Å². The summed E-state index contributed by atoms with van der Waals surface area (Å²) < 4.78 is 14.6. The van der Waals surface area contributed by atoms with Crippen LogP contribution in [-0.4, -0.2) is 14.8 Å². The van der Waals surface area contributed by atoms with Gasteiger partial charge in [-0.2, -0.15) is 5.10 Å². The van der Waals surface area contributed by atoms with Gasteiger partial charge >= 0.3 is 0 Å². The number of halogens is 1. The summed E-state index contributed by atoms with van der Waals surface area (Å²) in [5, 5.41) is 4.27. The van der Waals surface area contributed by atoms with E-state index in [4.69, 9.17) is 0 Å². The Hall–Kier alpha value is -2.23. The van der Waals surface area contributed by atoms with E-state index in [0.29, 0.717) is 0 Å². The second kappa shape index (κ2) is 3.66. The van der Waals surface area contributed by atoms with Crippen molar-refractivity contribution >= 4 is 11.0 Å². The molecule has 84 valence electrons. The molecule has 0 spiro atoms. The predicted molar refractivity (Wildman–Crippen MR) is 63.6 cm³/mol. The monoisotopic (exact) mass is 227 g/mol. The molecule has 3 rings (SSSR count). The first-order valence-electron chi connectivity index (χ1n) is 5.30. The molecule has 3 aromatic rings. The number of fused-ring (bicyclic) bond motifs is 1. The zero-order valence-electron chi connectivity index (χ0n) is 9.26. The van der Waals surface area contributed by atoms with Crippen molar-refractivity contribution in [3.05, 3.63) is 54.1 Å². The Bertz CT molecular complexity index is 671. The smallest absolute Gasteiger partial charge is 0.123 e. The molecule has 2 heterocycles. The molecule has 0 N–H and O–H groups in total. The second-order valence-electron chi connectivity index (χ2n) is 3.95. The molecule has 0 aliphatic carbocycles. The number of hydrogen-bond acceptors (Lipinski definition) is 2. The Morgan fingerprint density at radius 2 is 1.88 bits per heavy atom. The summed E-state index contributed by atoms with van der Waals surface area (Å²) in [6.45, 7) is 1.98. The highest BCUT2D eigenvalue weighted by Crippen LogP contribution is 2.17. The van der Waals surface area contributed by atoms with Gasteiger partial charge in [0.25, 0.3) is 0 Å². The fraction of sp³-hybridized carbons (Fsp3) is 0.0769. The van der Waals surface area contributed by atoms with Gasteiger partial charge in [-0.05, 0) is 42.8 Å². The normalized spacial score (nSPS) is 10.9. The molecule has 17 heavy (non-hydrogen) atoms. The molecular weight excluding hydrogens is 217 g/mol. The highest BCUT2D eigenvalue weighted by atomic mass is 19.1. The van der Waals surface area contributed by atoms with E-state index in [2.05, 4.69) is 10.1 Å². The van der Waals surface area contributed by atoms with Gasteiger partial charge in [-0.15, -0.1) is 0 Å². The average Bonchev–Trinajstić information content (AvgIpc) is 2.73. The molecule has 0 atom stereocenters. The number of hydrogen-bond donors (Lipinski definition) is 0. The molecular formula is C13H10FN3. The molecule has 4 heteroatoms. The maximum Gasteiger partial charge on any atom is 0.123 e. The molecule has 0 amide bonds. The molecule has 0 saturated carbocycles. The Kier molecular flexibility index (Phi) is 2.14. The van der Waals surface area contributed by atoms with Gasteiger partial charge in [0.15, 0.2) is 0 Å². The Labute approximate surface area is 97.5 Å². The van der Waals surface area contributed by atoms with E-state index in [1.807, 2.05) is 13.0 Å². The summed E-state index contributed by atoms with van der Waals surface area (Å²) in [5.41, 5.74) is 3.66. The van der Waals surface area contributed by atoms with Gasteiger partial charge in [-0.3, -0.25) is 4.98 Å². The van der Waals surface area contributed by atoms with Gasteiger partial charge in [0.2, 0.25) is 0 Å². The number of pyridine rings is 1. The summed E-state index contributed by atoms with van der Waals surface area (Å²) in [7, 11) is 0. The summed E-state index contributed by atoms with van der Waals surface area (Å²) >= 11 is 0. The van der Waals surface area contributed by atoms with Crippen LogP contribution in [-0.2, 0) is 0 Å². The largest absolute Gasteiger partial charge is 0.253 e. The first kappa shape index (κ1) is 9.96. The van der Waals surface area contributed by atoms with E-state index in [1.54, 1.807) is 29.2 Å². The van der Waals surface area contributed by atoms with Crippen LogP contribution < -0.4 is 0 Å². The fourth-order valence-electron chi connectivity index (χ4n) is 1.80. The number of aromatic nitrogens is 3. The highest BCUT2D eigenvalue weighted by molar-refractivity contribution is 5.76. The van der Waals surface area contributed by atoms with E-state index >= 15 is 0 Å². The van der Waals surface area contributed by atoms with E-state index in [0.717, 1.165) is 22.3 Å². The summed E-state index contributed by atoms with van der Waals surface area (Å²) in [6.07, 6.45) is 3.51. The van der Waals surface area contributed by atoms with Crippen LogP contribution in [0.4, 0.5) is 4.39 Å². The number of aryl methyl sites for hydroxylation is 1.